The minimum atomic E-state index is -0.0169. The Morgan fingerprint density at radius 1 is 1.13 bits per heavy atom. The van der Waals surface area contributed by atoms with Crippen molar-refractivity contribution in [1.29, 1.82) is 0 Å². The molecule has 0 aliphatic heterocycles. The van der Waals surface area contributed by atoms with E-state index in [1.807, 2.05) is 16.7 Å². The predicted molar refractivity (Wildman–Crippen MR) is 87.2 cm³/mol. The van der Waals surface area contributed by atoms with Gasteiger partial charge in [-0.1, -0.05) is 20.8 Å². The minimum absolute atomic E-state index is 0.0169. The number of rotatable bonds is 1. The molecule has 0 aliphatic rings. The minimum Gasteiger partial charge on any atom is -0.422 e. The molecule has 0 N–H and O–H groups in total. The van der Waals surface area contributed by atoms with Crippen LogP contribution in [0, 0.1) is 6.92 Å². The van der Waals surface area contributed by atoms with Crippen LogP contribution in [-0.4, -0.2) is 24.6 Å². The summed E-state index contributed by atoms with van der Waals surface area (Å²) in [7, 11) is 0. The van der Waals surface area contributed by atoms with E-state index >= 15 is 0 Å². The number of nitrogens with zero attached hydrogens (tertiary/aromatic N) is 5. The monoisotopic (exact) mass is 307 g/mol. The fourth-order valence-corrected chi connectivity index (χ4v) is 2.67. The Hall–Kier alpha value is -2.76. The summed E-state index contributed by atoms with van der Waals surface area (Å²) in [5.74, 6) is 0.408. The molecule has 0 bridgehead atoms. The third-order valence-corrected chi connectivity index (χ3v) is 3.95. The van der Waals surface area contributed by atoms with Gasteiger partial charge in [-0.15, -0.1) is 10.2 Å². The smallest absolute Gasteiger partial charge is 0.267 e. The summed E-state index contributed by atoms with van der Waals surface area (Å²) in [5, 5.41) is 8.74. The number of aromatic nitrogens is 5. The lowest BCUT2D eigenvalue weighted by molar-refractivity contribution is 0.566. The van der Waals surface area contributed by atoms with Gasteiger partial charge in [-0.25, -0.2) is 9.97 Å². The van der Waals surface area contributed by atoms with Crippen LogP contribution in [0.1, 0.15) is 32.0 Å². The molecule has 6 nitrogen and oxygen atoms in total. The van der Waals surface area contributed by atoms with Crippen LogP contribution in [0.3, 0.4) is 0 Å². The van der Waals surface area contributed by atoms with Gasteiger partial charge in [0.15, 0.2) is 0 Å². The van der Waals surface area contributed by atoms with E-state index in [0.29, 0.717) is 11.6 Å². The molecule has 0 radical (unpaired) electrons. The first kappa shape index (κ1) is 13.9. The largest absolute Gasteiger partial charge is 0.422 e. The summed E-state index contributed by atoms with van der Waals surface area (Å²) in [5.41, 5.74) is 4.60. The van der Waals surface area contributed by atoms with Gasteiger partial charge in [-0.2, -0.15) is 0 Å². The maximum atomic E-state index is 5.24. The summed E-state index contributed by atoms with van der Waals surface area (Å²) in [6, 6.07) is 6.20. The van der Waals surface area contributed by atoms with E-state index in [1.165, 1.54) is 12.0 Å². The normalized spacial score (nSPS) is 12.3. The van der Waals surface area contributed by atoms with E-state index < -0.39 is 0 Å². The first-order valence-electron chi connectivity index (χ1n) is 7.50. The average molecular weight is 307 g/mol. The van der Waals surface area contributed by atoms with Gasteiger partial charge in [0.05, 0.1) is 0 Å². The van der Waals surface area contributed by atoms with Gasteiger partial charge in [0.25, 0.3) is 5.89 Å². The third-order valence-electron chi connectivity index (χ3n) is 3.95. The fraction of sp³-hybridized carbons (Fsp3) is 0.294. The van der Waals surface area contributed by atoms with E-state index in [-0.39, 0.29) is 5.41 Å². The highest BCUT2D eigenvalue weighted by Crippen LogP contribution is 2.27. The summed E-state index contributed by atoms with van der Waals surface area (Å²) in [6.45, 7) is 8.61. The molecule has 0 aliphatic carbocycles. The lowest BCUT2D eigenvalue weighted by atomic mass is 9.90. The lowest BCUT2D eigenvalue weighted by Crippen LogP contribution is -2.14. The molecular weight excluding hydrogens is 290 g/mol. The molecule has 0 aromatic carbocycles. The molecule has 4 heterocycles. The number of hydrogen-bond acceptors (Lipinski definition) is 5. The number of aryl methyl sites for hydroxylation is 1. The Bertz CT molecular complexity index is 1010. The molecule has 0 fully saturated rings. The molecule has 23 heavy (non-hydrogen) atoms. The van der Waals surface area contributed by atoms with Gasteiger partial charge in [0.1, 0.15) is 17.0 Å². The number of pyridine rings is 2. The highest BCUT2D eigenvalue weighted by Gasteiger charge is 2.19. The van der Waals surface area contributed by atoms with Crippen molar-refractivity contribution in [2.45, 2.75) is 33.1 Å². The van der Waals surface area contributed by atoms with Gasteiger partial charge < -0.3 is 4.42 Å². The summed E-state index contributed by atoms with van der Waals surface area (Å²) < 4.78 is 7.23. The van der Waals surface area contributed by atoms with Crippen LogP contribution in [0.5, 0.6) is 0 Å². The van der Waals surface area contributed by atoms with Crippen molar-refractivity contribution in [2.24, 2.45) is 0 Å². The molecule has 0 amide bonds. The van der Waals surface area contributed by atoms with Crippen molar-refractivity contribution >= 4 is 16.7 Å². The molecule has 4 rings (SSSR count). The second-order valence-electron chi connectivity index (χ2n) is 6.74. The second kappa shape index (κ2) is 4.62. The summed E-state index contributed by atoms with van der Waals surface area (Å²) in [4.78, 5) is 9.44. The van der Waals surface area contributed by atoms with Gasteiger partial charge in [0.2, 0.25) is 6.39 Å². The second-order valence-corrected chi connectivity index (χ2v) is 6.74. The zero-order valence-corrected chi connectivity index (χ0v) is 13.5. The highest BCUT2D eigenvalue weighted by atomic mass is 16.4. The van der Waals surface area contributed by atoms with Crippen molar-refractivity contribution in [3.8, 4) is 11.6 Å². The van der Waals surface area contributed by atoms with Gasteiger partial charge in [-0.05, 0) is 30.7 Å². The molecule has 4 aromatic rings. The quantitative estimate of drug-likeness (QED) is 0.538. The number of hydrogen-bond donors (Lipinski definition) is 0. The van der Waals surface area contributed by atoms with Gasteiger partial charge in [-0.3, -0.25) is 4.40 Å². The molecule has 6 heteroatoms. The van der Waals surface area contributed by atoms with Crippen molar-refractivity contribution in [1.82, 2.24) is 24.6 Å². The van der Waals surface area contributed by atoms with Crippen LogP contribution in [0.25, 0.3) is 28.3 Å². The van der Waals surface area contributed by atoms with Crippen LogP contribution in [0.15, 0.2) is 35.2 Å². The van der Waals surface area contributed by atoms with E-state index in [2.05, 4.69) is 55.0 Å². The van der Waals surface area contributed by atoms with Gasteiger partial charge in [0, 0.05) is 22.7 Å². The van der Waals surface area contributed by atoms with Crippen LogP contribution >= 0.6 is 0 Å². The Morgan fingerprint density at radius 2 is 1.96 bits per heavy atom. The molecule has 0 unspecified atom stereocenters. The van der Waals surface area contributed by atoms with Crippen molar-refractivity contribution in [3.63, 3.8) is 0 Å². The molecular formula is C17H17N5O. The van der Waals surface area contributed by atoms with Gasteiger partial charge >= 0.3 is 0 Å². The average Bonchev–Trinajstić information content (AvgIpc) is 3.15. The molecule has 0 saturated carbocycles. The summed E-state index contributed by atoms with van der Waals surface area (Å²) >= 11 is 0. The van der Waals surface area contributed by atoms with E-state index in [0.717, 1.165) is 22.4 Å². The SMILES string of the molecule is Cc1cc(C(C)(C)C)nc2c1ccc1nc(-c3nnco3)cn12. The van der Waals surface area contributed by atoms with Crippen LogP contribution < -0.4 is 0 Å². The van der Waals surface area contributed by atoms with E-state index in [1.54, 1.807) is 0 Å². The van der Waals surface area contributed by atoms with Crippen LogP contribution in [0.2, 0.25) is 0 Å². The zero-order valence-electron chi connectivity index (χ0n) is 13.5. The number of imidazole rings is 1. The standard InChI is InChI=1S/C17H17N5O/c1-10-7-13(17(2,3)4)20-15-11(10)5-6-14-19-12(8-22(14)15)16-21-18-9-23-16/h5-9H,1-4H3. The highest BCUT2D eigenvalue weighted by molar-refractivity contribution is 5.82. The molecule has 0 saturated heterocycles. The Kier molecular flexibility index (Phi) is 2.78. The van der Waals surface area contributed by atoms with E-state index in [4.69, 9.17) is 9.40 Å². The third kappa shape index (κ3) is 2.18. The molecule has 4 aromatic heterocycles. The van der Waals surface area contributed by atoms with Crippen molar-refractivity contribution in [2.75, 3.05) is 0 Å². The number of fused-ring (bicyclic) bond motifs is 3. The van der Waals surface area contributed by atoms with Crippen molar-refractivity contribution in [3.05, 3.63) is 42.0 Å². The Morgan fingerprint density at radius 3 is 2.65 bits per heavy atom. The Balaban J connectivity index is 2.05. The first-order valence-corrected chi connectivity index (χ1v) is 7.50. The van der Waals surface area contributed by atoms with Crippen LogP contribution in [0.4, 0.5) is 0 Å². The maximum absolute atomic E-state index is 5.24. The van der Waals surface area contributed by atoms with Crippen LogP contribution in [-0.2, 0) is 5.41 Å². The Labute approximate surface area is 133 Å². The summed E-state index contributed by atoms with van der Waals surface area (Å²) in [6.07, 6.45) is 3.20. The first-order chi connectivity index (χ1) is 10.9. The predicted octanol–water partition coefficient (Wildman–Crippen LogP) is 3.54. The van der Waals surface area contributed by atoms with E-state index in [9.17, 15) is 0 Å². The molecule has 0 spiro atoms. The molecule has 0 atom stereocenters. The lowest BCUT2D eigenvalue weighted by Gasteiger charge is -2.19. The topological polar surface area (TPSA) is 69.1 Å². The molecule has 116 valence electrons. The van der Waals surface area contributed by atoms with Crippen molar-refractivity contribution < 1.29 is 4.42 Å². The fourth-order valence-electron chi connectivity index (χ4n) is 2.67. The zero-order chi connectivity index (χ0) is 16.2. The maximum Gasteiger partial charge on any atom is 0.267 e.